The molecular weight excluding hydrogens is 537 g/mol. The van der Waals surface area contributed by atoms with E-state index in [1.165, 1.54) is 12.1 Å². The molecule has 5 unspecified atom stereocenters. The number of carbonyl (C=O) groups is 1. The van der Waals surface area contributed by atoms with Crippen LogP contribution in [0.5, 0.6) is 5.75 Å². The van der Waals surface area contributed by atoms with Gasteiger partial charge in [0.05, 0.1) is 11.7 Å². The zero-order valence-corrected chi connectivity index (χ0v) is 27.2. The van der Waals surface area contributed by atoms with Gasteiger partial charge in [0, 0.05) is 18.4 Å². The summed E-state index contributed by atoms with van der Waals surface area (Å²) in [5, 5.41) is 0.0345. The maximum absolute atomic E-state index is 13.2. The lowest BCUT2D eigenvalue weighted by molar-refractivity contribution is -0.137. The van der Waals surface area contributed by atoms with E-state index in [4.69, 9.17) is 13.6 Å². The quantitative estimate of drug-likeness (QED) is 0.215. The van der Waals surface area contributed by atoms with Crippen LogP contribution in [0, 0.1) is 17.8 Å². The van der Waals surface area contributed by atoms with Crippen molar-refractivity contribution >= 4 is 22.4 Å². The summed E-state index contributed by atoms with van der Waals surface area (Å²) in [5.41, 5.74) is -0.744. The van der Waals surface area contributed by atoms with E-state index in [1.807, 2.05) is 6.08 Å². The van der Waals surface area contributed by atoms with Crippen LogP contribution in [0.3, 0.4) is 0 Å². The van der Waals surface area contributed by atoms with E-state index in [0.717, 1.165) is 18.6 Å². The summed E-state index contributed by atoms with van der Waals surface area (Å²) in [5.74, 6) is 0.615. The van der Waals surface area contributed by atoms with Crippen molar-refractivity contribution in [3.05, 3.63) is 42.0 Å². The lowest BCUT2D eigenvalue weighted by Crippen LogP contribution is -2.45. The van der Waals surface area contributed by atoms with E-state index in [2.05, 4.69) is 73.8 Å². The van der Waals surface area contributed by atoms with E-state index in [-0.39, 0.29) is 46.3 Å². The normalized spacial score (nSPS) is 25.5. The Bertz CT molecular complexity index is 1050. The minimum absolute atomic E-state index is 0.0558. The molecule has 5 atom stereocenters. The molecule has 0 radical (unpaired) electrons. The summed E-state index contributed by atoms with van der Waals surface area (Å²) < 4.78 is 58.9. The highest BCUT2D eigenvalue weighted by molar-refractivity contribution is 6.74. The first-order valence-electron chi connectivity index (χ1n) is 14.0. The molecule has 1 aromatic rings. The number of hydrogen-bond donors (Lipinski definition) is 0. The van der Waals surface area contributed by atoms with Crippen molar-refractivity contribution in [2.45, 2.75) is 109 Å². The Hall–Kier alpha value is -1.43. The van der Waals surface area contributed by atoms with Crippen LogP contribution < -0.4 is 4.74 Å². The second-order valence-corrected chi connectivity index (χ2v) is 23.8. The van der Waals surface area contributed by atoms with Gasteiger partial charge in [-0.2, -0.15) is 13.2 Å². The average Bonchev–Trinajstić information content (AvgIpc) is 3.25. The van der Waals surface area contributed by atoms with Crippen LogP contribution in [0.25, 0.3) is 0 Å². The number of halogens is 3. The van der Waals surface area contributed by atoms with Gasteiger partial charge >= 0.3 is 6.18 Å². The molecule has 1 aromatic carbocycles. The highest BCUT2D eigenvalue weighted by Crippen LogP contribution is 2.51. The number of alkyl halides is 3. The largest absolute Gasteiger partial charge is 0.491 e. The zero-order valence-electron chi connectivity index (χ0n) is 25.2. The predicted octanol–water partition coefficient (Wildman–Crippen LogP) is 8.65. The highest BCUT2D eigenvalue weighted by Gasteiger charge is 2.54. The van der Waals surface area contributed by atoms with Crippen LogP contribution in [-0.2, 0) is 19.8 Å². The first-order valence-corrected chi connectivity index (χ1v) is 19.8. The average molecular weight is 585 g/mol. The monoisotopic (exact) mass is 584 g/mol. The molecule has 2 aliphatic rings. The van der Waals surface area contributed by atoms with Crippen molar-refractivity contribution in [2.75, 3.05) is 6.61 Å². The Kier molecular flexibility index (Phi) is 9.13. The topological polar surface area (TPSA) is 44.8 Å². The molecule has 4 nitrogen and oxygen atoms in total. The molecule has 39 heavy (non-hydrogen) atoms. The molecule has 0 N–H and O–H groups in total. The molecule has 0 saturated heterocycles. The van der Waals surface area contributed by atoms with Crippen LogP contribution in [0.15, 0.2) is 36.4 Å². The van der Waals surface area contributed by atoms with Crippen LogP contribution >= 0.6 is 0 Å². The van der Waals surface area contributed by atoms with E-state index in [9.17, 15) is 18.0 Å². The summed E-state index contributed by atoms with van der Waals surface area (Å²) in [7, 11) is -4.20. The van der Waals surface area contributed by atoms with Gasteiger partial charge in [0.1, 0.15) is 18.1 Å². The molecule has 3 rings (SSSR count). The van der Waals surface area contributed by atoms with E-state index in [0.29, 0.717) is 12.2 Å². The smallest absolute Gasteiger partial charge is 0.416 e. The third kappa shape index (κ3) is 7.46. The van der Waals surface area contributed by atoms with E-state index >= 15 is 0 Å². The predicted molar refractivity (Wildman–Crippen MR) is 155 cm³/mol. The summed E-state index contributed by atoms with van der Waals surface area (Å²) in [4.78, 5) is 12.8. The van der Waals surface area contributed by atoms with Gasteiger partial charge in [0.2, 0.25) is 0 Å². The minimum atomic E-state index is -4.44. The molecule has 0 aromatic heterocycles. The van der Waals surface area contributed by atoms with Gasteiger partial charge in [-0.15, -0.1) is 0 Å². The molecule has 0 spiro atoms. The maximum atomic E-state index is 13.2. The Morgan fingerprint density at radius 1 is 1.00 bits per heavy atom. The fourth-order valence-electron chi connectivity index (χ4n) is 4.97. The van der Waals surface area contributed by atoms with E-state index < -0.39 is 34.5 Å². The van der Waals surface area contributed by atoms with Crippen molar-refractivity contribution in [2.24, 2.45) is 17.8 Å². The lowest BCUT2D eigenvalue weighted by atomic mass is 9.96. The molecule has 0 aliphatic heterocycles. The molecular formula is C30H47F3O4Si2. The number of ketones is 1. The second-order valence-electron chi connectivity index (χ2n) is 14.3. The highest BCUT2D eigenvalue weighted by atomic mass is 28.4. The van der Waals surface area contributed by atoms with Gasteiger partial charge in [-0.3, -0.25) is 4.79 Å². The summed E-state index contributed by atoms with van der Waals surface area (Å²) >= 11 is 0. The van der Waals surface area contributed by atoms with Gasteiger partial charge in [0.15, 0.2) is 16.6 Å². The number of hydrogen-bond acceptors (Lipinski definition) is 4. The van der Waals surface area contributed by atoms with Gasteiger partial charge in [-0.1, -0.05) is 59.8 Å². The van der Waals surface area contributed by atoms with Crippen molar-refractivity contribution < 1.29 is 31.6 Å². The van der Waals surface area contributed by atoms with Crippen LogP contribution in [-0.4, -0.2) is 41.2 Å². The maximum Gasteiger partial charge on any atom is 0.416 e. The molecule has 0 heterocycles. The Morgan fingerprint density at radius 3 is 2.18 bits per heavy atom. The number of ether oxygens (including phenoxy) is 1. The number of allylic oxidation sites excluding steroid dienone is 1. The summed E-state index contributed by atoms with van der Waals surface area (Å²) in [6, 6.07) is 4.93. The van der Waals surface area contributed by atoms with Gasteiger partial charge < -0.3 is 13.6 Å². The molecule has 2 fully saturated rings. The fourth-order valence-corrected chi connectivity index (χ4v) is 7.61. The first kappa shape index (κ1) is 32.1. The van der Waals surface area contributed by atoms with Crippen LogP contribution in [0.2, 0.25) is 36.3 Å². The first-order chi connectivity index (χ1) is 17.6. The molecule has 2 saturated carbocycles. The van der Waals surface area contributed by atoms with E-state index in [1.54, 1.807) is 0 Å². The summed E-state index contributed by atoms with van der Waals surface area (Å²) in [6.07, 6.45) is 0.550. The fraction of sp³-hybridized carbons (Fsp3) is 0.700. The Morgan fingerprint density at radius 2 is 1.62 bits per heavy atom. The van der Waals surface area contributed by atoms with Crippen molar-refractivity contribution in [3.8, 4) is 5.75 Å². The lowest BCUT2D eigenvalue weighted by Gasteiger charge is -2.40. The number of rotatable bonds is 9. The SMILES string of the molecule is CC(C)(C)[Si](C)(C)OC(C=CC1C2CC(O[Si](C)(C)C(C)(C)C)C1CC2=O)COc1cccc(C(F)(F)F)c1. The number of Topliss-reactive ketones (excluding diaryl/α,β-unsaturated/α-hetero) is 1. The van der Waals surface area contributed by atoms with Gasteiger partial charge in [0.25, 0.3) is 0 Å². The van der Waals surface area contributed by atoms with Crippen molar-refractivity contribution in [1.29, 1.82) is 0 Å². The molecule has 220 valence electrons. The van der Waals surface area contributed by atoms with Crippen molar-refractivity contribution in [1.82, 2.24) is 0 Å². The molecule has 0 amide bonds. The zero-order chi connectivity index (χ0) is 29.6. The minimum Gasteiger partial charge on any atom is -0.491 e. The van der Waals surface area contributed by atoms with Gasteiger partial charge in [-0.05, 0) is 72.7 Å². The van der Waals surface area contributed by atoms with Crippen LogP contribution in [0.1, 0.15) is 59.9 Å². The Labute approximate surface area is 234 Å². The van der Waals surface area contributed by atoms with Gasteiger partial charge in [-0.25, -0.2) is 0 Å². The molecule has 9 heteroatoms. The Balaban J connectivity index is 1.80. The standard InChI is InChI=1S/C30H47F3O4Si2/c1-28(2,3)38(7,8)36-22(19-35-21-13-11-12-20(16-21)30(31,32)33)14-15-23-24-18-27(25(23)17-26(24)34)37-39(9,10)29(4,5)6/h11-16,22-25,27H,17-19H2,1-10H3. The second kappa shape index (κ2) is 11.1. The number of fused-ring (bicyclic) bond motifs is 2. The van der Waals surface area contributed by atoms with Crippen molar-refractivity contribution in [3.63, 3.8) is 0 Å². The number of benzene rings is 1. The third-order valence-corrected chi connectivity index (χ3v) is 18.4. The third-order valence-electron chi connectivity index (χ3n) is 9.40. The summed E-state index contributed by atoms with van der Waals surface area (Å²) in [6.45, 7) is 22.0. The van der Waals surface area contributed by atoms with Crippen LogP contribution in [0.4, 0.5) is 13.2 Å². The molecule has 2 bridgehead atoms. The number of carbonyl (C=O) groups excluding carboxylic acids is 1. The molecule has 2 aliphatic carbocycles.